The summed E-state index contributed by atoms with van der Waals surface area (Å²) in [6.07, 6.45) is 0. The Hall–Kier alpha value is -2.71. The highest BCUT2D eigenvalue weighted by Gasteiger charge is 2.22. The molecule has 128 valence electrons. The van der Waals surface area contributed by atoms with Crippen LogP contribution >= 0.6 is 11.6 Å². The second-order valence-electron chi connectivity index (χ2n) is 6.03. The normalized spacial score (nSPS) is 14.1. The van der Waals surface area contributed by atoms with Crippen molar-refractivity contribution in [2.24, 2.45) is 0 Å². The third kappa shape index (κ3) is 4.04. The molecule has 6 heteroatoms. The summed E-state index contributed by atoms with van der Waals surface area (Å²) in [7, 11) is 0. The van der Waals surface area contributed by atoms with Crippen LogP contribution in [-0.4, -0.2) is 37.1 Å². The maximum Gasteiger partial charge on any atom is 0.321 e. The minimum absolute atomic E-state index is 0.141. The van der Waals surface area contributed by atoms with Crippen molar-refractivity contribution >= 4 is 29.0 Å². The maximum atomic E-state index is 12.4. The highest BCUT2D eigenvalue weighted by atomic mass is 35.5. The number of carbonyl (C=O) groups excluding carboxylic acids is 1. The number of carbonyl (C=O) groups is 1. The van der Waals surface area contributed by atoms with E-state index >= 15 is 0 Å². The zero-order chi connectivity index (χ0) is 17.8. The molecule has 5 nitrogen and oxygen atoms in total. The topological polar surface area (TPSA) is 59.4 Å². The summed E-state index contributed by atoms with van der Waals surface area (Å²) in [5.41, 5.74) is 3.46. The Bertz CT molecular complexity index is 822. The van der Waals surface area contributed by atoms with Gasteiger partial charge in [0.1, 0.15) is 0 Å². The molecule has 0 bridgehead atoms. The lowest BCUT2D eigenvalue weighted by atomic mass is 10.1. The molecule has 0 radical (unpaired) electrons. The predicted octanol–water partition coefficient (Wildman–Crippen LogP) is 3.87. The third-order valence-corrected chi connectivity index (χ3v) is 4.56. The van der Waals surface area contributed by atoms with Crippen molar-refractivity contribution in [1.82, 2.24) is 4.90 Å². The summed E-state index contributed by atoms with van der Waals surface area (Å²) in [6, 6.07) is 14.7. The predicted molar refractivity (Wildman–Crippen MR) is 100 cm³/mol. The lowest BCUT2D eigenvalue weighted by Gasteiger charge is -2.36. The lowest BCUT2D eigenvalue weighted by molar-refractivity contribution is 0.208. The molecule has 1 fully saturated rings. The molecule has 1 N–H and O–H groups in total. The minimum Gasteiger partial charge on any atom is -0.368 e. The Morgan fingerprint density at radius 1 is 1.16 bits per heavy atom. The van der Waals surface area contributed by atoms with Gasteiger partial charge < -0.3 is 15.1 Å². The van der Waals surface area contributed by atoms with Crippen LogP contribution in [0.2, 0.25) is 5.02 Å². The number of nitriles is 1. The molecule has 0 spiro atoms. The monoisotopic (exact) mass is 354 g/mol. The maximum absolute atomic E-state index is 12.4. The summed E-state index contributed by atoms with van der Waals surface area (Å²) < 4.78 is 0. The number of hydrogen-bond acceptors (Lipinski definition) is 3. The number of urea groups is 1. The summed E-state index contributed by atoms with van der Waals surface area (Å²) in [5.74, 6) is 0. The van der Waals surface area contributed by atoms with Crippen molar-refractivity contribution in [3.8, 4) is 6.07 Å². The Labute approximate surface area is 152 Å². The van der Waals surface area contributed by atoms with Crippen molar-refractivity contribution < 1.29 is 4.79 Å². The first kappa shape index (κ1) is 17.1. The summed E-state index contributed by atoms with van der Waals surface area (Å²) >= 11 is 6.11. The highest BCUT2D eigenvalue weighted by molar-refractivity contribution is 6.30. The molecule has 0 atom stereocenters. The molecule has 1 saturated heterocycles. The number of hydrogen-bond donors (Lipinski definition) is 1. The van der Waals surface area contributed by atoms with Gasteiger partial charge >= 0.3 is 6.03 Å². The quantitative estimate of drug-likeness (QED) is 0.890. The van der Waals surface area contributed by atoms with Gasteiger partial charge in [-0.05, 0) is 42.8 Å². The number of anilines is 2. The highest BCUT2D eigenvalue weighted by Crippen LogP contribution is 2.25. The van der Waals surface area contributed by atoms with Crippen LogP contribution in [-0.2, 0) is 0 Å². The van der Waals surface area contributed by atoms with Gasteiger partial charge in [-0.15, -0.1) is 0 Å². The number of aryl methyl sites for hydroxylation is 1. The van der Waals surface area contributed by atoms with Gasteiger partial charge in [0.15, 0.2) is 0 Å². The fourth-order valence-electron chi connectivity index (χ4n) is 2.94. The molecule has 3 rings (SSSR count). The van der Waals surface area contributed by atoms with Crippen LogP contribution in [0.4, 0.5) is 16.2 Å². The van der Waals surface area contributed by atoms with Gasteiger partial charge in [0.05, 0.1) is 11.6 Å². The van der Waals surface area contributed by atoms with E-state index < -0.39 is 0 Å². The zero-order valence-corrected chi connectivity index (χ0v) is 14.8. The van der Waals surface area contributed by atoms with Crippen molar-refractivity contribution in [3.63, 3.8) is 0 Å². The average Bonchev–Trinajstić information content (AvgIpc) is 2.64. The van der Waals surface area contributed by atoms with Gasteiger partial charge in [0, 0.05) is 42.6 Å². The largest absolute Gasteiger partial charge is 0.368 e. The molecule has 25 heavy (non-hydrogen) atoms. The molecule has 0 unspecified atom stereocenters. The Morgan fingerprint density at radius 3 is 2.64 bits per heavy atom. The SMILES string of the molecule is Cc1ccc(Cl)cc1N1CCN(C(=O)Nc2cccc(C#N)c2)CC1. The van der Waals surface area contributed by atoms with Crippen molar-refractivity contribution in [1.29, 1.82) is 5.26 Å². The first-order valence-corrected chi connectivity index (χ1v) is 8.52. The van der Waals surface area contributed by atoms with E-state index in [1.807, 2.05) is 18.2 Å². The smallest absolute Gasteiger partial charge is 0.321 e. The second-order valence-corrected chi connectivity index (χ2v) is 6.46. The number of rotatable bonds is 2. The fraction of sp³-hybridized carbons (Fsp3) is 0.263. The molecule has 0 aromatic heterocycles. The number of benzene rings is 2. The van der Waals surface area contributed by atoms with Crippen LogP contribution in [0, 0.1) is 18.3 Å². The number of piperazine rings is 1. The molecular formula is C19H19ClN4O. The standard InChI is InChI=1S/C19H19ClN4O/c1-14-5-6-16(20)12-18(14)23-7-9-24(10-8-23)19(25)22-17-4-2-3-15(11-17)13-21/h2-6,11-12H,7-10H2,1H3,(H,22,25). The summed E-state index contributed by atoms with van der Waals surface area (Å²) in [5, 5.41) is 12.5. The van der Waals surface area contributed by atoms with E-state index in [4.69, 9.17) is 16.9 Å². The summed E-state index contributed by atoms with van der Waals surface area (Å²) in [4.78, 5) is 16.5. The first-order valence-electron chi connectivity index (χ1n) is 8.14. The van der Waals surface area contributed by atoms with Crippen LogP contribution in [0.3, 0.4) is 0 Å². The number of nitrogens with one attached hydrogen (secondary N) is 1. The van der Waals surface area contributed by atoms with Gasteiger partial charge in [-0.25, -0.2) is 4.79 Å². The van der Waals surface area contributed by atoms with Crippen molar-refractivity contribution in [3.05, 3.63) is 58.6 Å². The van der Waals surface area contributed by atoms with Gasteiger partial charge in [-0.2, -0.15) is 5.26 Å². The number of amides is 2. The number of nitrogens with zero attached hydrogens (tertiary/aromatic N) is 3. The van der Waals surface area contributed by atoms with Crippen molar-refractivity contribution in [2.75, 3.05) is 36.4 Å². The lowest BCUT2D eigenvalue weighted by Crippen LogP contribution is -2.50. The Morgan fingerprint density at radius 2 is 1.92 bits per heavy atom. The Kier molecular flexibility index (Phi) is 5.11. The van der Waals surface area contributed by atoms with Crippen LogP contribution in [0.25, 0.3) is 0 Å². The van der Waals surface area contributed by atoms with Gasteiger partial charge in [-0.1, -0.05) is 23.7 Å². The van der Waals surface area contributed by atoms with Crippen LogP contribution < -0.4 is 10.2 Å². The molecular weight excluding hydrogens is 336 g/mol. The Balaban J connectivity index is 1.61. The molecule has 0 saturated carbocycles. The molecule has 0 aliphatic carbocycles. The molecule has 1 aliphatic heterocycles. The average molecular weight is 355 g/mol. The van der Waals surface area contributed by atoms with Crippen molar-refractivity contribution in [2.45, 2.75) is 6.92 Å². The zero-order valence-electron chi connectivity index (χ0n) is 14.0. The second kappa shape index (κ2) is 7.45. The fourth-order valence-corrected chi connectivity index (χ4v) is 3.11. The molecule has 2 aromatic carbocycles. The van der Waals surface area contributed by atoms with E-state index in [-0.39, 0.29) is 6.03 Å². The van der Waals surface area contributed by atoms with Gasteiger partial charge in [-0.3, -0.25) is 0 Å². The van der Waals surface area contributed by atoms with Gasteiger partial charge in [0.2, 0.25) is 0 Å². The molecule has 2 aromatic rings. The first-order chi connectivity index (χ1) is 12.1. The van der Waals surface area contributed by atoms with E-state index in [1.165, 1.54) is 5.56 Å². The molecule has 1 heterocycles. The van der Waals surface area contributed by atoms with E-state index in [9.17, 15) is 4.79 Å². The van der Waals surface area contributed by atoms with Crippen LogP contribution in [0.5, 0.6) is 0 Å². The summed E-state index contributed by atoms with van der Waals surface area (Å²) in [6.45, 7) is 4.85. The molecule has 2 amide bonds. The third-order valence-electron chi connectivity index (χ3n) is 4.32. The van der Waals surface area contributed by atoms with Crippen LogP contribution in [0.15, 0.2) is 42.5 Å². The van der Waals surface area contributed by atoms with E-state index in [2.05, 4.69) is 23.2 Å². The van der Waals surface area contributed by atoms with E-state index in [0.29, 0.717) is 24.3 Å². The van der Waals surface area contributed by atoms with Crippen LogP contribution in [0.1, 0.15) is 11.1 Å². The number of halogens is 1. The van der Waals surface area contributed by atoms with Gasteiger partial charge in [0.25, 0.3) is 0 Å². The minimum atomic E-state index is -0.141. The molecule has 1 aliphatic rings. The van der Waals surface area contributed by atoms with E-state index in [1.54, 1.807) is 29.2 Å². The van der Waals surface area contributed by atoms with E-state index in [0.717, 1.165) is 23.8 Å².